The Morgan fingerprint density at radius 1 is 0.875 bits per heavy atom. The predicted octanol–water partition coefficient (Wildman–Crippen LogP) is -0.0286. The number of rotatable bonds is 3. The number of hydrogen-bond acceptors (Lipinski definition) is 4. The molecule has 0 unspecified atom stereocenters. The zero-order chi connectivity index (χ0) is 6.24. The first-order valence-electron chi connectivity index (χ1n) is 2.02. The van der Waals surface area contributed by atoms with Crippen LogP contribution in [0.5, 0.6) is 0 Å². The van der Waals surface area contributed by atoms with Crippen LogP contribution in [0, 0.1) is 0 Å². The molecule has 0 fully saturated rings. The summed E-state index contributed by atoms with van der Waals surface area (Å²) in [6.45, 7) is 0. The lowest BCUT2D eigenvalue weighted by atomic mass is 10.6. The molecule has 4 heteroatoms. The zero-order valence-corrected chi connectivity index (χ0v) is 4.20. The molecule has 0 aliphatic carbocycles. The summed E-state index contributed by atoms with van der Waals surface area (Å²) in [5.41, 5.74) is 3.57. The molecule has 0 aliphatic rings. The van der Waals surface area contributed by atoms with Gasteiger partial charge in [-0.15, -0.1) is 0 Å². The van der Waals surface area contributed by atoms with Gasteiger partial charge < -0.3 is 0 Å². The van der Waals surface area contributed by atoms with Gasteiger partial charge in [-0.2, -0.15) is 0 Å². The van der Waals surface area contributed by atoms with Crippen LogP contribution in [0.3, 0.4) is 0 Å². The summed E-state index contributed by atoms with van der Waals surface area (Å²) in [7, 11) is 0. The minimum absolute atomic E-state index is 1.30. The van der Waals surface area contributed by atoms with E-state index in [1.54, 1.807) is 11.0 Å². The molecule has 0 aromatic rings. The fourth-order valence-corrected chi connectivity index (χ4v) is 0.197. The van der Waals surface area contributed by atoms with Crippen molar-refractivity contribution in [3.05, 3.63) is 24.6 Å². The molecular formula is C4H8N2O2. The Morgan fingerprint density at radius 3 is 1.50 bits per heavy atom. The van der Waals surface area contributed by atoms with E-state index < -0.39 is 0 Å². The van der Waals surface area contributed by atoms with Gasteiger partial charge in [0.15, 0.2) is 0 Å². The molecule has 0 spiro atoms. The molecule has 0 aromatic heterocycles. The second kappa shape index (κ2) is 6.00. The van der Waals surface area contributed by atoms with Crippen molar-refractivity contribution in [3.8, 4) is 0 Å². The second-order valence-corrected chi connectivity index (χ2v) is 0.976. The molecule has 0 radical (unpaired) electrons. The van der Waals surface area contributed by atoms with Gasteiger partial charge in [0.1, 0.15) is 0 Å². The number of allylic oxidation sites excluding steroid dienone is 2. The highest BCUT2D eigenvalue weighted by molar-refractivity contribution is 4.98. The first-order valence-corrected chi connectivity index (χ1v) is 2.02. The Bertz CT molecular complexity index is 78.0. The lowest BCUT2D eigenvalue weighted by molar-refractivity contribution is 0.213. The number of hydrogen-bond donors (Lipinski definition) is 4. The smallest absolute Gasteiger partial charge is 0.0240 e. The first kappa shape index (κ1) is 7.00. The zero-order valence-electron chi connectivity index (χ0n) is 4.20. The van der Waals surface area contributed by atoms with Crippen LogP contribution in [0.4, 0.5) is 0 Å². The highest BCUT2D eigenvalue weighted by Gasteiger charge is 1.59. The van der Waals surface area contributed by atoms with E-state index in [1.807, 2.05) is 0 Å². The van der Waals surface area contributed by atoms with E-state index in [1.165, 1.54) is 24.6 Å². The third-order valence-electron chi connectivity index (χ3n) is 0.453. The summed E-state index contributed by atoms with van der Waals surface area (Å²) in [4.78, 5) is 0. The minimum atomic E-state index is 1.30. The Kier molecular flexibility index (Phi) is 5.25. The Balaban J connectivity index is 3.13. The molecule has 0 aromatic carbocycles. The first-order chi connectivity index (χ1) is 3.91. The normalized spacial score (nSPS) is 10.8. The Hall–Kier alpha value is -1.00. The molecule has 0 aliphatic heterocycles. The van der Waals surface area contributed by atoms with Gasteiger partial charge in [0.05, 0.1) is 0 Å². The second-order valence-electron chi connectivity index (χ2n) is 0.976. The van der Waals surface area contributed by atoms with Crippen molar-refractivity contribution in [2.24, 2.45) is 0 Å². The van der Waals surface area contributed by atoms with E-state index in [0.29, 0.717) is 0 Å². The van der Waals surface area contributed by atoms with Crippen LogP contribution in [0.1, 0.15) is 0 Å². The average Bonchev–Trinajstić information content (AvgIpc) is 1.81. The van der Waals surface area contributed by atoms with Crippen molar-refractivity contribution in [1.82, 2.24) is 11.0 Å². The molecule has 0 rings (SSSR count). The maximum absolute atomic E-state index is 7.91. The summed E-state index contributed by atoms with van der Waals surface area (Å²) >= 11 is 0. The molecule has 0 bridgehead atoms. The van der Waals surface area contributed by atoms with Gasteiger partial charge in [-0.05, 0) is 12.2 Å². The molecule has 0 saturated carbocycles. The average molecular weight is 116 g/mol. The number of nitrogens with one attached hydrogen (secondary N) is 2. The van der Waals surface area contributed by atoms with Crippen molar-refractivity contribution in [2.45, 2.75) is 0 Å². The maximum Gasteiger partial charge on any atom is 0.0240 e. The van der Waals surface area contributed by atoms with Gasteiger partial charge >= 0.3 is 0 Å². The Morgan fingerprint density at radius 2 is 1.25 bits per heavy atom. The van der Waals surface area contributed by atoms with Crippen molar-refractivity contribution in [2.75, 3.05) is 0 Å². The van der Waals surface area contributed by atoms with Crippen LogP contribution < -0.4 is 11.0 Å². The van der Waals surface area contributed by atoms with Crippen LogP contribution in [0.15, 0.2) is 24.6 Å². The molecule has 8 heavy (non-hydrogen) atoms. The quantitative estimate of drug-likeness (QED) is 0.309. The Labute approximate surface area is 47.1 Å². The molecule has 0 atom stereocenters. The monoisotopic (exact) mass is 116 g/mol. The van der Waals surface area contributed by atoms with E-state index in [4.69, 9.17) is 10.4 Å². The van der Waals surface area contributed by atoms with Crippen molar-refractivity contribution in [1.29, 1.82) is 0 Å². The third-order valence-corrected chi connectivity index (χ3v) is 0.453. The van der Waals surface area contributed by atoms with Crippen molar-refractivity contribution >= 4 is 0 Å². The van der Waals surface area contributed by atoms with Gasteiger partial charge in [0.2, 0.25) is 0 Å². The summed E-state index contributed by atoms with van der Waals surface area (Å²) in [5, 5.41) is 15.8. The third kappa shape index (κ3) is 5.00. The summed E-state index contributed by atoms with van der Waals surface area (Å²) in [6, 6.07) is 0. The fourth-order valence-electron chi connectivity index (χ4n) is 0.197. The molecule has 4 N–H and O–H groups in total. The fraction of sp³-hybridized carbons (Fsp3) is 0. The maximum atomic E-state index is 7.91. The number of hydroxylamine groups is 2. The highest BCUT2D eigenvalue weighted by atomic mass is 16.5. The van der Waals surface area contributed by atoms with Gasteiger partial charge in [-0.1, -0.05) is 0 Å². The standard InChI is InChI=1S/C4H8N2O2/c7-5-3-1-2-4-6-8/h1-8H/b3-1-,4-2+. The van der Waals surface area contributed by atoms with Gasteiger partial charge in [-0.3, -0.25) is 21.4 Å². The molecular weight excluding hydrogens is 108 g/mol. The van der Waals surface area contributed by atoms with Crippen LogP contribution >= 0.6 is 0 Å². The van der Waals surface area contributed by atoms with Crippen LogP contribution in [-0.2, 0) is 0 Å². The van der Waals surface area contributed by atoms with E-state index in [0.717, 1.165) is 0 Å². The van der Waals surface area contributed by atoms with Gasteiger partial charge in [-0.25, -0.2) is 0 Å². The van der Waals surface area contributed by atoms with E-state index in [-0.39, 0.29) is 0 Å². The van der Waals surface area contributed by atoms with E-state index in [9.17, 15) is 0 Å². The lowest BCUT2D eigenvalue weighted by Crippen LogP contribution is -1.93. The minimum Gasteiger partial charge on any atom is -0.292 e. The highest BCUT2D eigenvalue weighted by Crippen LogP contribution is 1.67. The van der Waals surface area contributed by atoms with Gasteiger partial charge in [0, 0.05) is 12.4 Å². The molecule has 4 nitrogen and oxygen atoms in total. The summed E-state index contributed by atoms with van der Waals surface area (Å²) < 4.78 is 0. The summed E-state index contributed by atoms with van der Waals surface area (Å²) in [6.07, 6.45) is 5.61. The van der Waals surface area contributed by atoms with Crippen LogP contribution in [0.25, 0.3) is 0 Å². The molecule has 0 saturated heterocycles. The van der Waals surface area contributed by atoms with E-state index >= 15 is 0 Å². The largest absolute Gasteiger partial charge is 0.292 e. The van der Waals surface area contributed by atoms with Crippen molar-refractivity contribution in [3.63, 3.8) is 0 Å². The predicted molar refractivity (Wildman–Crippen MR) is 28.1 cm³/mol. The van der Waals surface area contributed by atoms with Crippen LogP contribution in [0.2, 0.25) is 0 Å². The SMILES string of the molecule is ON/C=C\C=C\NO. The molecule has 0 amide bonds. The molecule has 0 heterocycles. The summed E-state index contributed by atoms with van der Waals surface area (Å²) in [5.74, 6) is 0. The van der Waals surface area contributed by atoms with Crippen LogP contribution in [-0.4, -0.2) is 10.4 Å². The van der Waals surface area contributed by atoms with E-state index in [2.05, 4.69) is 0 Å². The molecule has 46 valence electrons. The van der Waals surface area contributed by atoms with Crippen molar-refractivity contribution < 1.29 is 10.4 Å². The lowest BCUT2D eigenvalue weighted by Gasteiger charge is -1.80. The topological polar surface area (TPSA) is 64.5 Å². The van der Waals surface area contributed by atoms with Gasteiger partial charge in [0.25, 0.3) is 0 Å².